The molecule has 0 aromatic carbocycles. The van der Waals surface area contributed by atoms with Gasteiger partial charge in [0.15, 0.2) is 0 Å². The maximum atomic E-state index is 13.3. The lowest BCUT2D eigenvalue weighted by Crippen LogP contribution is -2.75. The van der Waals surface area contributed by atoms with Crippen molar-refractivity contribution in [2.75, 3.05) is 58.9 Å². The maximum Gasteiger partial charge on any atom is 0.225 e. The summed E-state index contributed by atoms with van der Waals surface area (Å²) < 4.78 is 0. The molecule has 5 aliphatic rings. The van der Waals surface area contributed by atoms with E-state index in [0.29, 0.717) is 28.8 Å². The van der Waals surface area contributed by atoms with Crippen LogP contribution in [0.1, 0.15) is 92.9 Å². The molecule has 1 spiro atoms. The molecule has 0 radical (unpaired) electrons. The SMILES string of the molecule is CC(C)(C)NC1CCC(C(=O)N2CCC(C(=O)N3CCC(CN4CC5(C4)CN(C(C)(C)C)C5)CC3)CC2)CC1. The van der Waals surface area contributed by atoms with Crippen LogP contribution in [0.3, 0.4) is 0 Å². The first-order valence-corrected chi connectivity index (χ1v) is 16.1. The molecule has 7 nitrogen and oxygen atoms in total. The summed E-state index contributed by atoms with van der Waals surface area (Å²) in [6.07, 6.45) is 8.14. The first-order valence-electron chi connectivity index (χ1n) is 16.1. The molecule has 1 saturated carbocycles. The van der Waals surface area contributed by atoms with E-state index in [9.17, 15) is 9.59 Å². The summed E-state index contributed by atoms with van der Waals surface area (Å²) in [6, 6.07) is 0.534. The first kappa shape index (κ1) is 29.3. The zero-order valence-corrected chi connectivity index (χ0v) is 25.9. The summed E-state index contributed by atoms with van der Waals surface area (Å²) in [4.78, 5) is 36.0. The molecule has 4 heterocycles. The number of carbonyl (C=O) groups excluding carboxylic acids is 2. The Kier molecular flexibility index (Phi) is 8.45. The molecule has 39 heavy (non-hydrogen) atoms. The molecule has 222 valence electrons. The minimum atomic E-state index is 0.108. The lowest BCUT2D eigenvalue weighted by Gasteiger charge is -2.64. The van der Waals surface area contributed by atoms with Crippen LogP contribution >= 0.6 is 0 Å². The molecule has 5 fully saturated rings. The maximum absolute atomic E-state index is 13.3. The first-order chi connectivity index (χ1) is 18.3. The molecular weight excluding hydrogens is 486 g/mol. The number of nitrogens with one attached hydrogen (secondary N) is 1. The van der Waals surface area contributed by atoms with Crippen molar-refractivity contribution >= 4 is 11.8 Å². The minimum absolute atomic E-state index is 0.108. The van der Waals surface area contributed by atoms with Crippen LogP contribution in [0.4, 0.5) is 0 Å². The molecule has 2 amide bonds. The van der Waals surface area contributed by atoms with Crippen molar-refractivity contribution in [1.82, 2.24) is 24.9 Å². The molecule has 1 N–H and O–H groups in total. The van der Waals surface area contributed by atoms with Gasteiger partial charge in [-0.15, -0.1) is 0 Å². The van der Waals surface area contributed by atoms with E-state index >= 15 is 0 Å². The number of rotatable bonds is 5. The van der Waals surface area contributed by atoms with Gasteiger partial charge in [0.25, 0.3) is 0 Å². The van der Waals surface area contributed by atoms with Crippen LogP contribution in [-0.4, -0.2) is 107 Å². The average molecular weight is 544 g/mol. The lowest BCUT2D eigenvalue weighted by atomic mass is 9.70. The van der Waals surface area contributed by atoms with Gasteiger partial charge in [0.1, 0.15) is 0 Å². The number of likely N-dealkylation sites (tertiary alicyclic amines) is 4. The van der Waals surface area contributed by atoms with Crippen LogP contribution < -0.4 is 5.32 Å². The largest absolute Gasteiger partial charge is 0.342 e. The van der Waals surface area contributed by atoms with Crippen LogP contribution in [0.15, 0.2) is 0 Å². The van der Waals surface area contributed by atoms with Crippen LogP contribution in [0.2, 0.25) is 0 Å². The second-order valence-corrected chi connectivity index (χ2v) is 16.0. The van der Waals surface area contributed by atoms with E-state index in [0.717, 1.165) is 83.5 Å². The van der Waals surface area contributed by atoms with Gasteiger partial charge in [-0.25, -0.2) is 0 Å². The van der Waals surface area contributed by atoms with E-state index in [1.54, 1.807) is 0 Å². The van der Waals surface area contributed by atoms with Crippen molar-refractivity contribution < 1.29 is 9.59 Å². The van der Waals surface area contributed by atoms with Gasteiger partial charge in [-0.05, 0) is 98.8 Å². The zero-order valence-electron chi connectivity index (χ0n) is 25.9. The number of piperidine rings is 2. The molecule has 7 heteroatoms. The Morgan fingerprint density at radius 2 is 1.18 bits per heavy atom. The van der Waals surface area contributed by atoms with Crippen LogP contribution in [-0.2, 0) is 9.59 Å². The smallest absolute Gasteiger partial charge is 0.225 e. The van der Waals surface area contributed by atoms with Gasteiger partial charge in [-0.3, -0.25) is 14.5 Å². The Balaban J connectivity index is 0.968. The Hall–Kier alpha value is -1.18. The third-order valence-corrected chi connectivity index (χ3v) is 10.4. The Morgan fingerprint density at radius 3 is 1.67 bits per heavy atom. The predicted molar refractivity (Wildman–Crippen MR) is 157 cm³/mol. The third-order valence-electron chi connectivity index (χ3n) is 10.4. The summed E-state index contributed by atoms with van der Waals surface area (Å²) in [7, 11) is 0. The summed E-state index contributed by atoms with van der Waals surface area (Å²) in [5.74, 6) is 1.72. The lowest BCUT2D eigenvalue weighted by molar-refractivity contribution is -0.150. The van der Waals surface area contributed by atoms with E-state index < -0.39 is 0 Å². The van der Waals surface area contributed by atoms with Crippen molar-refractivity contribution in [1.29, 1.82) is 0 Å². The molecule has 4 aliphatic heterocycles. The molecule has 5 rings (SSSR count). The highest BCUT2D eigenvalue weighted by atomic mass is 16.2. The normalized spacial score (nSPS) is 29.8. The molecule has 0 aromatic heterocycles. The fourth-order valence-electron chi connectivity index (χ4n) is 8.13. The number of carbonyl (C=O) groups is 2. The quantitative estimate of drug-likeness (QED) is 0.571. The van der Waals surface area contributed by atoms with Gasteiger partial charge in [0.05, 0.1) is 0 Å². The number of nitrogens with zero attached hydrogens (tertiary/aromatic N) is 4. The van der Waals surface area contributed by atoms with E-state index in [1.807, 2.05) is 0 Å². The second kappa shape index (κ2) is 11.2. The molecule has 0 unspecified atom stereocenters. The van der Waals surface area contributed by atoms with Crippen molar-refractivity contribution in [2.24, 2.45) is 23.2 Å². The summed E-state index contributed by atoms with van der Waals surface area (Å²) in [5, 5.41) is 3.71. The minimum Gasteiger partial charge on any atom is -0.342 e. The third kappa shape index (κ3) is 7.01. The molecule has 0 atom stereocenters. The van der Waals surface area contributed by atoms with Crippen molar-refractivity contribution in [3.8, 4) is 0 Å². The van der Waals surface area contributed by atoms with Gasteiger partial charge < -0.3 is 20.0 Å². The fraction of sp³-hybridized carbons (Fsp3) is 0.938. The highest BCUT2D eigenvalue weighted by Gasteiger charge is 2.53. The summed E-state index contributed by atoms with van der Waals surface area (Å²) in [6.45, 7) is 23.3. The van der Waals surface area contributed by atoms with Crippen molar-refractivity contribution in [3.63, 3.8) is 0 Å². The van der Waals surface area contributed by atoms with Crippen LogP contribution in [0.5, 0.6) is 0 Å². The van der Waals surface area contributed by atoms with Gasteiger partial charge in [0.2, 0.25) is 11.8 Å². The zero-order chi connectivity index (χ0) is 28.0. The van der Waals surface area contributed by atoms with Gasteiger partial charge in [0, 0.05) is 93.3 Å². The molecular formula is C32H57N5O2. The number of hydrogen-bond acceptors (Lipinski definition) is 5. The van der Waals surface area contributed by atoms with Gasteiger partial charge in [-0.1, -0.05) is 0 Å². The van der Waals surface area contributed by atoms with E-state index in [-0.39, 0.29) is 17.4 Å². The highest BCUT2D eigenvalue weighted by molar-refractivity contribution is 5.81. The van der Waals surface area contributed by atoms with Crippen molar-refractivity contribution in [3.05, 3.63) is 0 Å². The second-order valence-electron chi connectivity index (χ2n) is 16.0. The monoisotopic (exact) mass is 543 g/mol. The molecule has 0 bridgehead atoms. The van der Waals surface area contributed by atoms with Crippen LogP contribution in [0.25, 0.3) is 0 Å². The Labute approximate surface area is 238 Å². The predicted octanol–water partition coefficient (Wildman–Crippen LogP) is 3.83. The molecule has 0 aromatic rings. The van der Waals surface area contributed by atoms with E-state index in [1.165, 1.54) is 32.7 Å². The fourth-order valence-corrected chi connectivity index (χ4v) is 8.13. The van der Waals surface area contributed by atoms with E-state index in [2.05, 4.69) is 66.5 Å². The van der Waals surface area contributed by atoms with Gasteiger partial charge >= 0.3 is 0 Å². The van der Waals surface area contributed by atoms with E-state index in [4.69, 9.17) is 0 Å². The Bertz CT molecular complexity index is 854. The summed E-state index contributed by atoms with van der Waals surface area (Å²) in [5.41, 5.74) is 1.01. The van der Waals surface area contributed by atoms with Crippen molar-refractivity contribution in [2.45, 2.75) is 110 Å². The molecule has 1 aliphatic carbocycles. The molecule has 4 saturated heterocycles. The van der Waals surface area contributed by atoms with Crippen LogP contribution in [0, 0.1) is 23.2 Å². The van der Waals surface area contributed by atoms with Gasteiger partial charge in [-0.2, -0.15) is 0 Å². The summed E-state index contributed by atoms with van der Waals surface area (Å²) >= 11 is 0. The average Bonchev–Trinajstić information content (AvgIpc) is 2.83. The standard InChI is InChI=1S/C32H57N5O2/c1-30(2,3)33-27-9-7-25(8-10-27)28(38)36-17-13-26(14-18-36)29(39)35-15-11-24(12-16-35)19-34-20-32(21-34)22-37(23-32)31(4,5)6/h24-27,33H,7-23H2,1-6H3. The highest BCUT2D eigenvalue weighted by Crippen LogP contribution is 2.43. The number of hydrogen-bond donors (Lipinski definition) is 1. The Morgan fingerprint density at radius 1 is 0.692 bits per heavy atom. The topological polar surface area (TPSA) is 59.1 Å². The number of amides is 2.